The summed E-state index contributed by atoms with van der Waals surface area (Å²) < 4.78 is 4.05. The largest absolute Gasteiger partial charge is 0.338 e. The van der Waals surface area contributed by atoms with Crippen LogP contribution in [0.2, 0.25) is 0 Å². The fourth-order valence-electron chi connectivity index (χ4n) is 3.43. The summed E-state index contributed by atoms with van der Waals surface area (Å²) in [5, 5.41) is 1.81. The molecule has 1 amide bonds. The van der Waals surface area contributed by atoms with Gasteiger partial charge in [0, 0.05) is 48.5 Å². The average molecular weight is 365 g/mol. The Morgan fingerprint density at radius 2 is 2.12 bits per heavy atom. The van der Waals surface area contributed by atoms with Crippen LogP contribution in [-0.4, -0.2) is 43.2 Å². The number of hydrogen-bond acceptors (Lipinski definition) is 6. The summed E-state index contributed by atoms with van der Waals surface area (Å²) in [6.45, 7) is 3.35. The van der Waals surface area contributed by atoms with Gasteiger partial charge in [-0.15, -0.1) is 0 Å². The quantitative estimate of drug-likeness (QED) is 0.712. The van der Waals surface area contributed by atoms with Crippen LogP contribution in [0.5, 0.6) is 0 Å². The van der Waals surface area contributed by atoms with Crippen LogP contribution in [0.15, 0.2) is 42.3 Å². The SMILES string of the molecule is Cc1ncc(-c2ccncc2)c([C@@H]2CCCN(C(=O)c3cnsc3)C2)n1. The highest BCUT2D eigenvalue weighted by Gasteiger charge is 2.28. The Hall–Kier alpha value is -2.67. The number of carbonyl (C=O) groups excluding carboxylic acids is 1. The molecule has 132 valence electrons. The highest BCUT2D eigenvalue weighted by molar-refractivity contribution is 7.03. The van der Waals surface area contributed by atoms with Gasteiger partial charge in [-0.1, -0.05) is 0 Å². The molecule has 3 aromatic heterocycles. The lowest BCUT2D eigenvalue weighted by atomic mass is 9.90. The first-order chi connectivity index (χ1) is 12.7. The summed E-state index contributed by atoms with van der Waals surface area (Å²) in [5.41, 5.74) is 3.77. The fourth-order valence-corrected chi connectivity index (χ4v) is 3.94. The lowest BCUT2D eigenvalue weighted by molar-refractivity contribution is 0.0706. The molecular weight excluding hydrogens is 346 g/mol. The van der Waals surface area contributed by atoms with E-state index in [0.29, 0.717) is 12.1 Å². The zero-order valence-electron chi connectivity index (χ0n) is 14.5. The maximum Gasteiger partial charge on any atom is 0.256 e. The third-order valence-electron chi connectivity index (χ3n) is 4.70. The van der Waals surface area contributed by atoms with Gasteiger partial charge < -0.3 is 4.90 Å². The number of aryl methyl sites for hydroxylation is 1. The monoisotopic (exact) mass is 365 g/mol. The van der Waals surface area contributed by atoms with E-state index in [1.807, 2.05) is 35.5 Å². The van der Waals surface area contributed by atoms with Crippen LogP contribution >= 0.6 is 11.5 Å². The van der Waals surface area contributed by atoms with Crippen molar-refractivity contribution in [2.24, 2.45) is 0 Å². The lowest BCUT2D eigenvalue weighted by Gasteiger charge is -2.33. The third-order valence-corrected chi connectivity index (χ3v) is 5.29. The molecule has 0 saturated carbocycles. The van der Waals surface area contributed by atoms with Crippen molar-refractivity contribution < 1.29 is 4.79 Å². The Morgan fingerprint density at radius 3 is 2.88 bits per heavy atom. The minimum atomic E-state index is 0.0553. The van der Waals surface area contributed by atoms with E-state index in [1.165, 1.54) is 11.5 Å². The van der Waals surface area contributed by atoms with Gasteiger partial charge in [0.25, 0.3) is 5.91 Å². The highest BCUT2D eigenvalue weighted by atomic mass is 32.1. The average Bonchev–Trinajstić information content (AvgIpc) is 3.23. The topological polar surface area (TPSA) is 71.9 Å². The van der Waals surface area contributed by atoms with E-state index < -0.39 is 0 Å². The number of rotatable bonds is 3. The van der Waals surface area contributed by atoms with Crippen molar-refractivity contribution in [3.63, 3.8) is 0 Å². The van der Waals surface area contributed by atoms with Crippen LogP contribution < -0.4 is 0 Å². The van der Waals surface area contributed by atoms with Crippen LogP contribution in [0, 0.1) is 6.92 Å². The van der Waals surface area contributed by atoms with Gasteiger partial charge in [0.15, 0.2) is 0 Å². The van der Waals surface area contributed by atoms with Gasteiger partial charge in [-0.3, -0.25) is 9.78 Å². The number of hydrogen-bond donors (Lipinski definition) is 0. The number of likely N-dealkylation sites (tertiary alicyclic amines) is 1. The number of amides is 1. The normalized spacial score (nSPS) is 17.3. The molecule has 0 unspecified atom stereocenters. The minimum Gasteiger partial charge on any atom is -0.338 e. The molecule has 0 aliphatic carbocycles. The summed E-state index contributed by atoms with van der Waals surface area (Å²) in [7, 11) is 0. The highest BCUT2D eigenvalue weighted by Crippen LogP contribution is 2.33. The predicted molar refractivity (Wildman–Crippen MR) is 100.0 cm³/mol. The molecule has 0 N–H and O–H groups in total. The molecule has 6 nitrogen and oxygen atoms in total. The molecule has 1 aliphatic rings. The molecule has 26 heavy (non-hydrogen) atoms. The Bertz CT molecular complexity index is 898. The second-order valence-electron chi connectivity index (χ2n) is 6.46. The van der Waals surface area contributed by atoms with E-state index in [0.717, 1.165) is 42.0 Å². The Kier molecular flexibility index (Phi) is 4.71. The number of nitrogens with zero attached hydrogens (tertiary/aromatic N) is 5. The van der Waals surface area contributed by atoms with E-state index in [-0.39, 0.29) is 11.8 Å². The zero-order valence-corrected chi connectivity index (χ0v) is 15.3. The van der Waals surface area contributed by atoms with Crippen molar-refractivity contribution in [3.05, 3.63) is 59.4 Å². The smallest absolute Gasteiger partial charge is 0.256 e. The number of carbonyl (C=O) groups is 1. The van der Waals surface area contributed by atoms with Gasteiger partial charge >= 0.3 is 0 Å². The summed E-state index contributed by atoms with van der Waals surface area (Å²) in [4.78, 5) is 27.9. The van der Waals surface area contributed by atoms with Gasteiger partial charge in [0.1, 0.15) is 5.82 Å². The molecular formula is C19H19N5OS. The molecule has 1 saturated heterocycles. The molecule has 0 spiro atoms. The van der Waals surface area contributed by atoms with Crippen LogP contribution in [0.1, 0.15) is 40.6 Å². The molecule has 1 atom stereocenters. The van der Waals surface area contributed by atoms with Gasteiger partial charge in [-0.2, -0.15) is 0 Å². The van der Waals surface area contributed by atoms with Gasteiger partial charge in [0.2, 0.25) is 0 Å². The minimum absolute atomic E-state index is 0.0553. The maximum atomic E-state index is 12.7. The van der Waals surface area contributed by atoms with Crippen molar-refractivity contribution in [2.75, 3.05) is 13.1 Å². The molecule has 0 aromatic carbocycles. The first-order valence-corrected chi connectivity index (χ1v) is 9.48. The Labute approximate surface area is 156 Å². The van der Waals surface area contributed by atoms with Crippen LogP contribution in [0.4, 0.5) is 0 Å². The zero-order chi connectivity index (χ0) is 17.9. The second-order valence-corrected chi connectivity index (χ2v) is 7.11. The first kappa shape index (κ1) is 16.8. The van der Waals surface area contributed by atoms with Crippen molar-refractivity contribution in [1.29, 1.82) is 0 Å². The molecule has 3 aromatic rings. The van der Waals surface area contributed by atoms with E-state index in [1.54, 1.807) is 18.6 Å². The van der Waals surface area contributed by atoms with E-state index >= 15 is 0 Å². The van der Waals surface area contributed by atoms with Crippen LogP contribution in [0.25, 0.3) is 11.1 Å². The molecule has 4 heterocycles. The fraction of sp³-hybridized carbons (Fsp3) is 0.316. The number of aromatic nitrogens is 4. The van der Waals surface area contributed by atoms with Crippen molar-refractivity contribution in [2.45, 2.75) is 25.7 Å². The summed E-state index contributed by atoms with van der Waals surface area (Å²) in [6.07, 6.45) is 9.07. The molecule has 4 rings (SSSR count). The Balaban J connectivity index is 1.65. The van der Waals surface area contributed by atoms with Crippen LogP contribution in [-0.2, 0) is 0 Å². The second kappa shape index (κ2) is 7.29. The van der Waals surface area contributed by atoms with Crippen LogP contribution in [0.3, 0.4) is 0 Å². The summed E-state index contributed by atoms with van der Waals surface area (Å²) in [6, 6.07) is 3.95. The van der Waals surface area contributed by atoms with E-state index in [2.05, 4.69) is 14.3 Å². The van der Waals surface area contributed by atoms with Gasteiger partial charge in [0.05, 0.1) is 17.5 Å². The van der Waals surface area contributed by atoms with Crippen molar-refractivity contribution in [3.8, 4) is 11.1 Å². The maximum absolute atomic E-state index is 12.7. The summed E-state index contributed by atoms with van der Waals surface area (Å²) >= 11 is 1.31. The molecule has 1 aliphatic heterocycles. The summed E-state index contributed by atoms with van der Waals surface area (Å²) in [5.74, 6) is 1.01. The Morgan fingerprint density at radius 1 is 1.27 bits per heavy atom. The van der Waals surface area contributed by atoms with Crippen molar-refractivity contribution >= 4 is 17.4 Å². The number of pyridine rings is 1. The van der Waals surface area contributed by atoms with Crippen molar-refractivity contribution in [1.82, 2.24) is 24.2 Å². The number of piperidine rings is 1. The predicted octanol–water partition coefficient (Wildman–Crippen LogP) is 3.32. The van der Waals surface area contributed by atoms with Gasteiger partial charge in [-0.05, 0) is 49.0 Å². The third kappa shape index (κ3) is 3.35. The lowest BCUT2D eigenvalue weighted by Crippen LogP contribution is -2.39. The molecule has 0 radical (unpaired) electrons. The molecule has 7 heteroatoms. The molecule has 1 fully saturated rings. The van der Waals surface area contributed by atoms with E-state index in [9.17, 15) is 4.79 Å². The first-order valence-electron chi connectivity index (χ1n) is 8.65. The molecule has 0 bridgehead atoms. The van der Waals surface area contributed by atoms with Gasteiger partial charge in [-0.25, -0.2) is 14.3 Å². The standard InChI is InChI=1S/C19H19N5OS/c1-13-21-10-17(14-4-6-20-7-5-14)18(23-13)15-3-2-8-24(11-15)19(25)16-9-22-26-12-16/h4-7,9-10,12,15H,2-3,8,11H2,1H3/t15-/m1/s1. The van der Waals surface area contributed by atoms with E-state index in [4.69, 9.17) is 4.98 Å².